The highest BCUT2D eigenvalue weighted by Crippen LogP contribution is 2.20. The first kappa shape index (κ1) is 55.0. The molecule has 0 spiro atoms. The number of esters is 1. The molecule has 0 saturated carbocycles. The fourth-order valence-electron chi connectivity index (χ4n) is 6.98. The van der Waals surface area contributed by atoms with Gasteiger partial charge in [-0.15, -0.1) is 0 Å². The summed E-state index contributed by atoms with van der Waals surface area (Å²) in [7, 11) is 4.07. The van der Waals surface area contributed by atoms with E-state index in [1.54, 1.807) is 0 Å². The van der Waals surface area contributed by atoms with Crippen LogP contribution in [0.5, 0.6) is 0 Å². The van der Waals surface area contributed by atoms with E-state index in [-0.39, 0.29) is 12.1 Å². The molecule has 0 aliphatic carbocycles. The third-order valence-corrected chi connectivity index (χ3v) is 12.3. The van der Waals surface area contributed by atoms with Gasteiger partial charge in [-0.05, 0) is 91.3 Å². The number of carbonyl (C=O) groups excluding carboxylic acids is 3. The molecule has 328 valence electrons. The molecular weight excluding hydrogens is 731 g/mol. The van der Waals surface area contributed by atoms with Crippen LogP contribution in [0.2, 0.25) is 0 Å². The lowest BCUT2D eigenvalue weighted by molar-refractivity contribution is -0.150. The standard InChI is InChI=1S/C49H91NO4S2/c1-5-7-9-11-13-15-17-19-21-29-35-44-55-48(52)41-33-27-23-25-31-38-46(54-47(51)40-37-43-50(3)4)39-32-26-24-28-34-42-49(53)56-45-36-30-22-20-18-16-14-12-10-8-6-2/h29-30,35-36,46H,5-28,31-34,37-45H2,1-4H3. The smallest absolute Gasteiger partial charge is 0.306 e. The van der Waals surface area contributed by atoms with Crippen molar-refractivity contribution in [2.75, 3.05) is 32.1 Å². The second-order valence-electron chi connectivity index (χ2n) is 16.5. The van der Waals surface area contributed by atoms with Gasteiger partial charge in [0.1, 0.15) is 6.10 Å². The highest BCUT2D eigenvalue weighted by atomic mass is 32.2. The van der Waals surface area contributed by atoms with Crippen LogP contribution >= 0.6 is 23.5 Å². The third-order valence-electron chi connectivity index (χ3n) is 10.6. The Labute approximate surface area is 356 Å². The number of rotatable bonds is 43. The highest BCUT2D eigenvalue weighted by molar-refractivity contribution is 8.14. The maximum atomic E-state index is 12.6. The summed E-state index contributed by atoms with van der Waals surface area (Å²) in [6, 6.07) is 0. The minimum atomic E-state index is -0.0603. The quantitative estimate of drug-likeness (QED) is 0.0345. The Morgan fingerprint density at radius 2 is 0.839 bits per heavy atom. The maximum absolute atomic E-state index is 12.6. The summed E-state index contributed by atoms with van der Waals surface area (Å²) in [4.78, 5) is 39.3. The molecule has 0 unspecified atom stereocenters. The predicted molar refractivity (Wildman–Crippen MR) is 250 cm³/mol. The van der Waals surface area contributed by atoms with E-state index in [1.165, 1.54) is 126 Å². The van der Waals surface area contributed by atoms with E-state index in [1.807, 2.05) is 14.1 Å². The van der Waals surface area contributed by atoms with Gasteiger partial charge in [0.05, 0.1) is 0 Å². The normalized spacial score (nSPS) is 12.4. The zero-order chi connectivity index (χ0) is 41.0. The van der Waals surface area contributed by atoms with Gasteiger partial charge < -0.3 is 9.64 Å². The number of carbonyl (C=O) groups is 3. The van der Waals surface area contributed by atoms with E-state index in [0.717, 1.165) is 114 Å². The van der Waals surface area contributed by atoms with Crippen molar-refractivity contribution in [1.82, 2.24) is 4.90 Å². The molecule has 0 fully saturated rings. The summed E-state index contributed by atoms with van der Waals surface area (Å²) in [5, 5.41) is 0.640. The molecule has 0 N–H and O–H groups in total. The average molecular weight is 822 g/mol. The van der Waals surface area contributed by atoms with Gasteiger partial charge in [-0.25, -0.2) is 0 Å². The molecule has 0 radical (unpaired) electrons. The van der Waals surface area contributed by atoms with Crippen LogP contribution in [0.25, 0.3) is 0 Å². The van der Waals surface area contributed by atoms with Gasteiger partial charge >= 0.3 is 5.97 Å². The number of unbranched alkanes of at least 4 members (excludes halogenated alkanes) is 24. The second kappa shape index (κ2) is 45.0. The Balaban J connectivity index is 4.04. The summed E-state index contributed by atoms with van der Waals surface area (Å²) >= 11 is 2.94. The molecule has 0 bridgehead atoms. The summed E-state index contributed by atoms with van der Waals surface area (Å²) in [5.74, 6) is 1.55. The first-order valence-electron chi connectivity index (χ1n) is 23.8. The average Bonchev–Trinajstić information content (AvgIpc) is 3.17. The van der Waals surface area contributed by atoms with Gasteiger partial charge in [0.25, 0.3) is 0 Å². The van der Waals surface area contributed by atoms with Crippen LogP contribution in [0.4, 0.5) is 0 Å². The van der Waals surface area contributed by atoms with Crippen molar-refractivity contribution < 1.29 is 19.1 Å². The fourth-order valence-corrected chi connectivity index (χ4v) is 8.39. The Morgan fingerprint density at radius 1 is 0.464 bits per heavy atom. The van der Waals surface area contributed by atoms with Crippen molar-refractivity contribution in [3.63, 3.8) is 0 Å². The van der Waals surface area contributed by atoms with Crippen molar-refractivity contribution in [3.05, 3.63) is 24.3 Å². The topological polar surface area (TPSA) is 63.7 Å². The SMILES string of the molecule is CCCCCCCCCCC=CCSC(=O)CCCCCCCC(CCCCCCCC(=O)SCC=CCCCCCCCCCC)OC(=O)CCCN(C)C. The van der Waals surface area contributed by atoms with Crippen LogP contribution in [-0.4, -0.2) is 59.3 Å². The van der Waals surface area contributed by atoms with Crippen molar-refractivity contribution in [3.8, 4) is 0 Å². The Morgan fingerprint density at radius 3 is 1.25 bits per heavy atom. The Hall–Kier alpha value is -1.05. The lowest BCUT2D eigenvalue weighted by atomic mass is 10.0. The van der Waals surface area contributed by atoms with Crippen molar-refractivity contribution in [2.24, 2.45) is 0 Å². The largest absolute Gasteiger partial charge is 0.462 e. The van der Waals surface area contributed by atoms with Crippen LogP contribution in [0, 0.1) is 0 Å². The first-order valence-corrected chi connectivity index (χ1v) is 25.8. The lowest BCUT2D eigenvalue weighted by Crippen LogP contribution is -2.20. The monoisotopic (exact) mass is 822 g/mol. The number of hydrogen-bond donors (Lipinski definition) is 0. The van der Waals surface area contributed by atoms with E-state index in [0.29, 0.717) is 29.5 Å². The Bertz CT molecular complexity index is 877. The number of ether oxygens (including phenoxy) is 1. The van der Waals surface area contributed by atoms with Crippen LogP contribution in [0.15, 0.2) is 24.3 Å². The van der Waals surface area contributed by atoms with Gasteiger partial charge in [0, 0.05) is 30.8 Å². The highest BCUT2D eigenvalue weighted by Gasteiger charge is 2.14. The lowest BCUT2D eigenvalue weighted by Gasteiger charge is -2.18. The number of hydrogen-bond acceptors (Lipinski definition) is 7. The molecule has 0 aliphatic heterocycles. The summed E-state index contributed by atoms with van der Waals surface area (Å²) < 4.78 is 5.98. The Kier molecular flexibility index (Phi) is 44.2. The van der Waals surface area contributed by atoms with Crippen molar-refractivity contribution >= 4 is 39.7 Å². The summed E-state index contributed by atoms with van der Waals surface area (Å²) in [6.45, 7) is 5.43. The minimum absolute atomic E-state index is 0.00465. The van der Waals surface area contributed by atoms with Crippen LogP contribution in [-0.2, 0) is 19.1 Å². The second-order valence-corrected chi connectivity index (χ2v) is 18.6. The molecule has 0 atom stereocenters. The number of thioether (sulfide) groups is 2. The van der Waals surface area contributed by atoms with Crippen molar-refractivity contribution in [1.29, 1.82) is 0 Å². The minimum Gasteiger partial charge on any atom is -0.462 e. The van der Waals surface area contributed by atoms with Gasteiger partial charge in [-0.1, -0.05) is 190 Å². The third kappa shape index (κ3) is 44.1. The molecule has 0 rings (SSSR count). The molecule has 0 aromatic rings. The molecule has 0 heterocycles. The number of nitrogens with zero attached hydrogens (tertiary/aromatic N) is 1. The van der Waals surface area contributed by atoms with E-state index in [9.17, 15) is 14.4 Å². The zero-order valence-electron chi connectivity index (χ0n) is 37.4. The molecule has 0 aromatic carbocycles. The van der Waals surface area contributed by atoms with Gasteiger partial charge in [-0.3, -0.25) is 14.4 Å². The van der Waals surface area contributed by atoms with E-state index in [4.69, 9.17) is 4.74 Å². The van der Waals surface area contributed by atoms with Crippen LogP contribution in [0.1, 0.15) is 232 Å². The molecule has 56 heavy (non-hydrogen) atoms. The van der Waals surface area contributed by atoms with Crippen LogP contribution < -0.4 is 0 Å². The summed E-state index contributed by atoms with van der Waals surface area (Å²) in [6.07, 6.45) is 48.1. The molecule has 0 saturated heterocycles. The van der Waals surface area contributed by atoms with E-state index >= 15 is 0 Å². The van der Waals surface area contributed by atoms with Crippen molar-refractivity contribution in [2.45, 2.75) is 238 Å². The molecule has 0 amide bonds. The molecular formula is C49H91NO4S2. The maximum Gasteiger partial charge on any atom is 0.306 e. The van der Waals surface area contributed by atoms with Crippen LogP contribution in [0.3, 0.4) is 0 Å². The fraction of sp³-hybridized carbons (Fsp3) is 0.857. The zero-order valence-corrected chi connectivity index (χ0v) is 39.1. The summed E-state index contributed by atoms with van der Waals surface area (Å²) in [5.41, 5.74) is 0. The van der Waals surface area contributed by atoms with E-state index in [2.05, 4.69) is 43.1 Å². The molecule has 0 aromatic heterocycles. The van der Waals surface area contributed by atoms with Gasteiger partial charge in [0.15, 0.2) is 10.2 Å². The van der Waals surface area contributed by atoms with Gasteiger partial charge in [-0.2, -0.15) is 0 Å². The van der Waals surface area contributed by atoms with Gasteiger partial charge in [0.2, 0.25) is 0 Å². The molecule has 5 nitrogen and oxygen atoms in total. The van der Waals surface area contributed by atoms with E-state index < -0.39 is 0 Å². The molecule has 0 aliphatic rings. The number of allylic oxidation sites excluding steroid dienone is 2. The first-order chi connectivity index (χ1) is 27.4. The predicted octanol–water partition coefficient (Wildman–Crippen LogP) is 15.4. The molecule has 7 heteroatoms.